The quantitative estimate of drug-likeness (QED) is 0.873. The van der Waals surface area contributed by atoms with E-state index in [2.05, 4.69) is 31.5 Å². The lowest BCUT2D eigenvalue weighted by Crippen LogP contribution is -2.16. The lowest BCUT2D eigenvalue weighted by atomic mass is 10.1. The number of halogens is 1. The normalized spacial score (nSPS) is 10.3. The van der Waals surface area contributed by atoms with Crippen LogP contribution in [0.2, 0.25) is 0 Å². The molecule has 0 saturated heterocycles. The Hall–Kier alpha value is -1.88. The second-order valence-electron chi connectivity index (χ2n) is 4.78. The Kier molecular flexibility index (Phi) is 4.96. The number of anilines is 2. The molecule has 5 heteroatoms. The monoisotopic (exact) mass is 347 g/mol. The van der Waals surface area contributed by atoms with Crippen LogP contribution in [-0.2, 0) is 0 Å². The zero-order valence-electron chi connectivity index (χ0n) is 12.3. The maximum Gasteiger partial charge on any atom is 0.259 e. The van der Waals surface area contributed by atoms with Crippen LogP contribution in [0.15, 0.2) is 34.9 Å². The molecule has 0 aliphatic heterocycles. The lowest BCUT2D eigenvalue weighted by Gasteiger charge is -2.13. The van der Waals surface area contributed by atoms with Crippen LogP contribution in [0.3, 0.4) is 0 Å². The Morgan fingerprint density at radius 1 is 1.33 bits per heavy atom. The topological polar surface area (TPSA) is 54.0 Å². The molecule has 0 aliphatic carbocycles. The highest BCUT2D eigenvalue weighted by molar-refractivity contribution is 9.10. The SMILES string of the molecule is CCNc1ncc(Br)cc1C(=O)Nc1cccc(C)c1C. The fourth-order valence-corrected chi connectivity index (χ4v) is 2.33. The van der Waals surface area contributed by atoms with Crippen LogP contribution >= 0.6 is 15.9 Å². The van der Waals surface area contributed by atoms with E-state index in [1.54, 1.807) is 12.3 Å². The van der Waals surface area contributed by atoms with Gasteiger partial charge < -0.3 is 10.6 Å². The molecule has 0 aliphatic rings. The van der Waals surface area contributed by atoms with Crippen molar-refractivity contribution in [2.24, 2.45) is 0 Å². The summed E-state index contributed by atoms with van der Waals surface area (Å²) in [6, 6.07) is 7.63. The molecule has 1 heterocycles. The molecule has 0 unspecified atom stereocenters. The van der Waals surface area contributed by atoms with Crippen LogP contribution in [0, 0.1) is 13.8 Å². The minimum Gasteiger partial charge on any atom is -0.370 e. The van der Waals surface area contributed by atoms with Crippen LogP contribution in [0.4, 0.5) is 11.5 Å². The Morgan fingerprint density at radius 2 is 2.10 bits per heavy atom. The third kappa shape index (κ3) is 3.61. The number of nitrogens with zero attached hydrogens (tertiary/aromatic N) is 1. The summed E-state index contributed by atoms with van der Waals surface area (Å²) in [5.41, 5.74) is 3.56. The molecule has 0 radical (unpaired) electrons. The van der Waals surface area contributed by atoms with Crippen molar-refractivity contribution in [3.05, 3.63) is 51.6 Å². The molecule has 0 spiro atoms. The van der Waals surface area contributed by atoms with Crippen LogP contribution < -0.4 is 10.6 Å². The average molecular weight is 348 g/mol. The van der Waals surface area contributed by atoms with E-state index in [9.17, 15) is 4.79 Å². The summed E-state index contributed by atoms with van der Waals surface area (Å²) >= 11 is 3.36. The molecule has 4 nitrogen and oxygen atoms in total. The molecule has 1 aromatic heterocycles. The second kappa shape index (κ2) is 6.72. The molecule has 0 fully saturated rings. The van der Waals surface area contributed by atoms with Crippen molar-refractivity contribution in [3.8, 4) is 0 Å². The predicted octanol–water partition coefficient (Wildman–Crippen LogP) is 4.15. The molecule has 2 aromatic rings. The number of aryl methyl sites for hydroxylation is 1. The number of amides is 1. The van der Waals surface area contributed by atoms with E-state index >= 15 is 0 Å². The zero-order valence-corrected chi connectivity index (χ0v) is 13.9. The number of carbonyl (C=O) groups excluding carboxylic acids is 1. The summed E-state index contributed by atoms with van der Waals surface area (Å²) in [5.74, 6) is 0.414. The molecule has 2 rings (SSSR count). The van der Waals surface area contributed by atoms with E-state index in [4.69, 9.17) is 0 Å². The highest BCUT2D eigenvalue weighted by Crippen LogP contribution is 2.22. The molecule has 1 aromatic carbocycles. The molecule has 21 heavy (non-hydrogen) atoms. The largest absolute Gasteiger partial charge is 0.370 e. The smallest absolute Gasteiger partial charge is 0.259 e. The number of hydrogen-bond acceptors (Lipinski definition) is 3. The number of hydrogen-bond donors (Lipinski definition) is 2. The predicted molar refractivity (Wildman–Crippen MR) is 90.0 cm³/mol. The number of aromatic nitrogens is 1. The molecule has 0 atom stereocenters. The van der Waals surface area contributed by atoms with E-state index < -0.39 is 0 Å². The molecule has 110 valence electrons. The molecular formula is C16H18BrN3O. The summed E-state index contributed by atoms with van der Waals surface area (Å²) in [6.07, 6.45) is 1.67. The Morgan fingerprint density at radius 3 is 2.81 bits per heavy atom. The third-order valence-electron chi connectivity index (χ3n) is 3.30. The summed E-state index contributed by atoms with van der Waals surface area (Å²) in [5, 5.41) is 6.06. The highest BCUT2D eigenvalue weighted by Gasteiger charge is 2.14. The van der Waals surface area contributed by atoms with Crippen LogP contribution in [0.1, 0.15) is 28.4 Å². The number of pyridine rings is 1. The van der Waals surface area contributed by atoms with Gasteiger partial charge in [-0.15, -0.1) is 0 Å². The van der Waals surface area contributed by atoms with Gasteiger partial charge in [-0.3, -0.25) is 4.79 Å². The first-order valence-corrected chi connectivity index (χ1v) is 7.59. The summed E-state index contributed by atoms with van der Waals surface area (Å²) in [4.78, 5) is 16.8. The van der Waals surface area contributed by atoms with Crippen molar-refractivity contribution in [1.29, 1.82) is 0 Å². The van der Waals surface area contributed by atoms with Crippen molar-refractivity contribution >= 4 is 33.3 Å². The summed E-state index contributed by atoms with van der Waals surface area (Å²) in [6.45, 7) is 6.69. The van der Waals surface area contributed by atoms with Gasteiger partial charge in [-0.1, -0.05) is 12.1 Å². The van der Waals surface area contributed by atoms with Gasteiger partial charge in [0.25, 0.3) is 5.91 Å². The molecular weight excluding hydrogens is 330 g/mol. The second-order valence-corrected chi connectivity index (χ2v) is 5.70. The standard InChI is InChI=1S/C16H18BrN3O/c1-4-18-15-13(8-12(17)9-19-15)16(21)20-14-7-5-6-10(2)11(14)3/h5-9H,4H2,1-3H3,(H,18,19)(H,20,21). The highest BCUT2D eigenvalue weighted by atomic mass is 79.9. The van der Waals surface area contributed by atoms with Crippen LogP contribution in [0.25, 0.3) is 0 Å². The van der Waals surface area contributed by atoms with Gasteiger partial charge in [0.05, 0.1) is 5.56 Å². The molecule has 1 amide bonds. The Labute approximate surface area is 133 Å². The van der Waals surface area contributed by atoms with Gasteiger partial charge in [0.2, 0.25) is 0 Å². The first-order valence-electron chi connectivity index (χ1n) is 6.80. The van der Waals surface area contributed by atoms with E-state index in [1.165, 1.54) is 0 Å². The summed E-state index contributed by atoms with van der Waals surface area (Å²) in [7, 11) is 0. The molecule has 0 saturated carbocycles. The molecule has 0 bridgehead atoms. The number of carbonyl (C=O) groups is 1. The fraction of sp³-hybridized carbons (Fsp3) is 0.250. The first kappa shape index (κ1) is 15.5. The summed E-state index contributed by atoms with van der Waals surface area (Å²) < 4.78 is 0.773. The van der Waals surface area contributed by atoms with Gasteiger partial charge in [-0.05, 0) is 60.0 Å². The number of rotatable bonds is 4. The van der Waals surface area contributed by atoms with Crippen LogP contribution in [0.5, 0.6) is 0 Å². The van der Waals surface area contributed by atoms with Gasteiger partial charge in [0.1, 0.15) is 5.82 Å². The van der Waals surface area contributed by atoms with E-state index in [0.29, 0.717) is 17.9 Å². The van der Waals surface area contributed by atoms with E-state index in [0.717, 1.165) is 21.3 Å². The Balaban J connectivity index is 2.32. The fourth-order valence-electron chi connectivity index (χ4n) is 2.00. The maximum absolute atomic E-state index is 12.5. The van der Waals surface area contributed by atoms with Gasteiger partial charge in [-0.25, -0.2) is 4.98 Å². The van der Waals surface area contributed by atoms with Crippen molar-refractivity contribution < 1.29 is 4.79 Å². The average Bonchev–Trinajstić information content (AvgIpc) is 2.46. The molecule has 2 N–H and O–H groups in total. The minimum absolute atomic E-state index is 0.173. The van der Waals surface area contributed by atoms with Crippen molar-refractivity contribution in [2.75, 3.05) is 17.2 Å². The Bertz CT molecular complexity index is 671. The van der Waals surface area contributed by atoms with Crippen molar-refractivity contribution in [1.82, 2.24) is 4.98 Å². The van der Waals surface area contributed by atoms with Gasteiger partial charge in [-0.2, -0.15) is 0 Å². The van der Waals surface area contributed by atoms with Gasteiger partial charge in [0.15, 0.2) is 0 Å². The van der Waals surface area contributed by atoms with E-state index in [-0.39, 0.29) is 5.91 Å². The van der Waals surface area contributed by atoms with Crippen LogP contribution in [-0.4, -0.2) is 17.4 Å². The van der Waals surface area contributed by atoms with Crippen molar-refractivity contribution in [2.45, 2.75) is 20.8 Å². The van der Waals surface area contributed by atoms with Crippen molar-refractivity contribution in [3.63, 3.8) is 0 Å². The minimum atomic E-state index is -0.173. The van der Waals surface area contributed by atoms with Gasteiger partial charge in [0, 0.05) is 22.9 Å². The number of nitrogens with one attached hydrogen (secondary N) is 2. The maximum atomic E-state index is 12.5. The van der Waals surface area contributed by atoms with E-state index in [1.807, 2.05) is 39.0 Å². The third-order valence-corrected chi connectivity index (χ3v) is 3.73. The lowest BCUT2D eigenvalue weighted by molar-refractivity contribution is 0.102. The van der Waals surface area contributed by atoms with Gasteiger partial charge >= 0.3 is 0 Å². The first-order chi connectivity index (χ1) is 10.0. The zero-order chi connectivity index (χ0) is 15.4. The number of benzene rings is 1.